The Hall–Kier alpha value is -0.120. The Balaban J connectivity index is 1.64. The van der Waals surface area contributed by atoms with Crippen LogP contribution in [0.2, 0.25) is 0 Å². The fourth-order valence-electron chi connectivity index (χ4n) is 3.46. The van der Waals surface area contributed by atoms with Crippen molar-refractivity contribution in [1.29, 1.82) is 0 Å². The normalized spacial score (nSPS) is 33.4. The van der Waals surface area contributed by atoms with E-state index in [9.17, 15) is 0 Å². The molecule has 0 aromatic carbocycles. The summed E-state index contributed by atoms with van der Waals surface area (Å²) in [5, 5.41) is 7.45. The minimum atomic E-state index is 0.771. The smallest absolute Gasteiger partial charge is 0.0462 e. The van der Waals surface area contributed by atoms with Gasteiger partial charge in [-0.2, -0.15) is 0 Å². The van der Waals surface area contributed by atoms with Crippen molar-refractivity contribution in [2.24, 2.45) is 5.92 Å². The molecule has 100 valence electrons. The molecule has 17 heavy (non-hydrogen) atoms. The van der Waals surface area contributed by atoms with Gasteiger partial charge < -0.3 is 15.4 Å². The molecule has 2 N–H and O–H groups in total. The number of ether oxygens (including phenoxy) is 1. The zero-order valence-electron chi connectivity index (χ0n) is 11.2. The molecule has 0 spiro atoms. The molecule has 3 nitrogen and oxygen atoms in total. The van der Waals surface area contributed by atoms with E-state index in [0.717, 1.165) is 31.2 Å². The van der Waals surface area contributed by atoms with E-state index in [4.69, 9.17) is 4.74 Å². The fourth-order valence-corrected chi connectivity index (χ4v) is 3.46. The van der Waals surface area contributed by atoms with E-state index in [1.165, 1.54) is 51.5 Å². The van der Waals surface area contributed by atoms with E-state index in [-0.39, 0.29) is 0 Å². The van der Waals surface area contributed by atoms with Crippen LogP contribution in [0, 0.1) is 5.92 Å². The number of hydrogen-bond donors (Lipinski definition) is 2. The maximum atomic E-state index is 5.08. The lowest BCUT2D eigenvalue weighted by molar-refractivity contribution is 0.191. The molecule has 0 radical (unpaired) electrons. The molecule has 1 aliphatic heterocycles. The molecule has 3 atom stereocenters. The van der Waals surface area contributed by atoms with Gasteiger partial charge in [-0.15, -0.1) is 0 Å². The molecule has 1 saturated carbocycles. The van der Waals surface area contributed by atoms with Crippen molar-refractivity contribution < 1.29 is 4.74 Å². The number of nitrogens with one attached hydrogen (secondary N) is 2. The summed E-state index contributed by atoms with van der Waals surface area (Å²) in [5.74, 6) is 0.889. The molecule has 2 aliphatic rings. The Bertz CT molecular complexity index is 204. The molecule has 3 heteroatoms. The summed E-state index contributed by atoms with van der Waals surface area (Å²) in [4.78, 5) is 0. The Morgan fingerprint density at radius 3 is 2.88 bits per heavy atom. The van der Waals surface area contributed by atoms with Crippen molar-refractivity contribution in [2.75, 3.05) is 26.8 Å². The van der Waals surface area contributed by atoms with Crippen LogP contribution in [0.5, 0.6) is 0 Å². The van der Waals surface area contributed by atoms with Crippen molar-refractivity contribution in [3.63, 3.8) is 0 Å². The molecular formula is C14H28N2O. The topological polar surface area (TPSA) is 33.3 Å². The van der Waals surface area contributed by atoms with E-state index < -0.39 is 0 Å². The third-order valence-corrected chi connectivity index (χ3v) is 4.37. The van der Waals surface area contributed by atoms with Gasteiger partial charge in [0.25, 0.3) is 0 Å². The van der Waals surface area contributed by atoms with Gasteiger partial charge in [0.15, 0.2) is 0 Å². The van der Waals surface area contributed by atoms with E-state index in [1.807, 2.05) is 0 Å². The van der Waals surface area contributed by atoms with Crippen LogP contribution in [0.15, 0.2) is 0 Å². The van der Waals surface area contributed by atoms with Crippen LogP contribution in [-0.2, 0) is 4.74 Å². The fraction of sp³-hybridized carbons (Fsp3) is 1.00. The Kier molecular flexibility index (Phi) is 5.75. The first kappa shape index (κ1) is 13.3. The van der Waals surface area contributed by atoms with Crippen molar-refractivity contribution >= 4 is 0 Å². The predicted molar refractivity (Wildman–Crippen MR) is 71.3 cm³/mol. The van der Waals surface area contributed by atoms with E-state index in [0.29, 0.717) is 0 Å². The summed E-state index contributed by atoms with van der Waals surface area (Å²) in [6, 6.07) is 1.57. The van der Waals surface area contributed by atoms with Crippen LogP contribution in [0.4, 0.5) is 0 Å². The van der Waals surface area contributed by atoms with Crippen LogP contribution in [0.3, 0.4) is 0 Å². The van der Waals surface area contributed by atoms with Gasteiger partial charge >= 0.3 is 0 Å². The second-order valence-electron chi connectivity index (χ2n) is 5.56. The third kappa shape index (κ3) is 3.94. The van der Waals surface area contributed by atoms with Gasteiger partial charge in [-0.3, -0.25) is 0 Å². The Morgan fingerprint density at radius 2 is 2.12 bits per heavy atom. The largest absolute Gasteiger partial charge is 0.385 e. The standard InChI is InChI=1S/C14H28N2O/c1-17-11-3-2-9-15-13-7-4-6-12(13)14-8-5-10-16-14/h12-16H,2-11H2,1H3. The second kappa shape index (κ2) is 7.34. The highest BCUT2D eigenvalue weighted by Gasteiger charge is 2.34. The van der Waals surface area contributed by atoms with Gasteiger partial charge in [0, 0.05) is 25.8 Å². The molecule has 1 heterocycles. The van der Waals surface area contributed by atoms with Crippen LogP contribution >= 0.6 is 0 Å². The maximum absolute atomic E-state index is 5.08. The highest BCUT2D eigenvalue weighted by atomic mass is 16.5. The van der Waals surface area contributed by atoms with E-state index in [2.05, 4.69) is 10.6 Å². The van der Waals surface area contributed by atoms with Gasteiger partial charge in [-0.1, -0.05) is 6.42 Å². The van der Waals surface area contributed by atoms with Crippen LogP contribution < -0.4 is 10.6 Å². The molecule has 0 bridgehead atoms. The number of methoxy groups -OCH3 is 1. The van der Waals surface area contributed by atoms with E-state index >= 15 is 0 Å². The summed E-state index contributed by atoms with van der Waals surface area (Å²) >= 11 is 0. The summed E-state index contributed by atoms with van der Waals surface area (Å²) in [6.07, 6.45) is 9.42. The zero-order chi connectivity index (χ0) is 11.9. The average molecular weight is 240 g/mol. The highest BCUT2D eigenvalue weighted by Crippen LogP contribution is 2.31. The van der Waals surface area contributed by atoms with Crippen molar-refractivity contribution in [2.45, 2.75) is 57.0 Å². The molecule has 0 amide bonds. The Morgan fingerprint density at radius 1 is 1.18 bits per heavy atom. The van der Waals surface area contributed by atoms with E-state index in [1.54, 1.807) is 7.11 Å². The molecular weight excluding hydrogens is 212 g/mol. The van der Waals surface area contributed by atoms with Crippen LogP contribution in [0.1, 0.15) is 44.9 Å². The molecule has 0 aromatic rings. The minimum absolute atomic E-state index is 0.771. The van der Waals surface area contributed by atoms with Crippen molar-refractivity contribution in [3.05, 3.63) is 0 Å². The lowest BCUT2D eigenvalue weighted by Crippen LogP contribution is -2.42. The predicted octanol–water partition coefficient (Wildman–Crippen LogP) is 1.92. The van der Waals surface area contributed by atoms with Gasteiger partial charge in [0.2, 0.25) is 0 Å². The summed E-state index contributed by atoms with van der Waals surface area (Å²) in [7, 11) is 1.78. The van der Waals surface area contributed by atoms with Crippen LogP contribution in [0.25, 0.3) is 0 Å². The second-order valence-corrected chi connectivity index (χ2v) is 5.56. The first-order chi connectivity index (χ1) is 8.42. The monoisotopic (exact) mass is 240 g/mol. The summed E-state index contributed by atoms with van der Waals surface area (Å²) < 4.78 is 5.08. The molecule has 1 saturated heterocycles. The van der Waals surface area contributed by atoms with Crippen molar-refractivity contribution in [1.82, 2.24) is 10.6 Å². The zero-order valence-corrected chi connectivity index (χ0v) is 11.2. The van der Waals surface area contributed by atoms with Gasteiger partial charge in [0.05, 0.1) is 0 Å². The molecule has 3 unspecified atom stereocenters. The van der Waals surface area contributed by atoms with Gasteiger partial charge in [-0.05, 0) is 57.5 Å². The average Bonchev–Trinajstić information content (AvgIpc) is 2.98. The number of rotatable bonds is 7. The summed E-state index contributed by atoms with van der Waals surface area (Å²) in [6.45, 7) is 3.30. The van der Waals surface area contributed by atoms with Crippen molar-refractivity contribution in [3.8, 4) is 0 Å². The highest BCUT2D eigenvalue weighted by molar-refractivity contribution is 4.93. The first-order valence-corrected chi connectivity index (χ1v) is 7.37. The minimum Gasteiger partial charge on any atom is -0.385 e. The molecule has 2 rings (SSSR count). The first-order valence-electron chi connectivity index (χ1n) is 7.37. The lowest BCUT2D eigenvalue weighted by Gasteiger charge is -2.26. The SMILES string of the molecule is COCCCCNC1CCCC1C1CCCN1. The lowest BCUT2D eigenvalue weighted by atomic mass is 9.93. The third-order valence-electron chi connectivity index (χ3n) is 4.37. The number of hydrogen-bond acceptors (Lipinski definition) is 3. The number of unbranched alkanes of at least 4 members (excludes halogenated alkanes) is 1. The maximum Gasteiger partial charge on any atom is 0.0462 e. The quantitative estimate of drug-likeness (QED) is 0.667. The molecule has 0 aromatic heterocycles. The van der Waals surface area contributed by atoms with Crippen LogP contribution in [-0.4, -0.2) is 38.9 Å². The molecule has 1 aliphatic carbocycles. The molecule has 2 fully saturated rings. The Labute approximate surface area is 106 Å². The van der Waals surface area contributed by atoms with Gasteiger partial charge in [0.1, 0.15) is 0 Å². The van der Waals surface area contributed by atoms with Gasteiger partial charge in [-0.25, -0.2) is 0 Å². The summed E-state index contributed by atoms with van der Waals surface area (Å²) in [5.41, 5.74) is 0.